The van der Waals surface area contributed by atoms with Crippen molar-refractivity contribution in [2.24, 2.45) is 10.1 Å². The molecule has 0 radical (unpaired) electrons. The summed E-state index contributed by atoms with van der Waals surface area (Å²) in [6.07, 6.45) is 4.41. The van der Waals surface area contributed by atoms with Crippen molar-refractivity contribution >= 4 is 39.2 Å². The first kappa shape index (κ1) is 21.5. The van der Waals surface area contributed by atoms with Crippen LogP contribution in [-0.4, -0.2) is 49.9 Å². The van der Waals surface area contributed by atoms with Crippen LogP contribution in [0.2, 0.25) is 0 Å². The van der Waals surface area contributed by atoms with Crippen LogP contribution in [0.25, 0.3) is 10.8 Å². The van der Waals surface area contributed by atoms with E-state index < -0.39 is 11.0 Å². The molecule has 1 aromatic heterocycles. The van der Waals surface area contributed by atoms with E-state index in [0.717, 1.165) is 30.0 Å². The molecule has 1 saturated heterocycles. The number of benzene rings is 2. The van der Waals surface area contributed by atoms with Gasteiger partial charge in [-0.05, 0) is 53.8 Å². The van der Waals surface area contributed by atoms with Crippen LogP contribution in [0.3, 0.4) is 0 Å². The SMILES string of the molecule is NC1=NS(O)(O)Nc2cccc(OC[C@H]3CCCCN3C(=O)c3nccc4ccccc34)c21. The highest BCUT2D eigenvalue weighted by Crippen LogP contribution is 2.46. The van der Waals surface area contributed by atoms with Crippen molar-refractivity contribution in [2.75, 3.05) is 17.9 Å². The Hall–Kier alpha value is -3.34. The Labute approximate surface area is 192 Å². The molecular formula is C23H25N5O4S. The molecule has 1 atom stereocenters. The first-order chi connectivity index (χ1) is 15.9. The maximum atomic E-state index is 13.5. The standard InChI is InChI=1S/C23H25N5O4S/c24-22-20-18(26-33(30,31)27-22)9-5-10-19(20)32-14-16-7-3-4-13-28(16)23(29)21-17-8-2-1-6-15(17)11-12-25-21/h1-2,5-6,8-12,16,26,30-31H,3-4,7,13-14H2,(H2,24,27)/t16-/m1/s1. The third-order valence-corrected chi connectivity index (χ3v) is 6.90. The molecule has 0 spiro atoms. The summed E-state index contributed by atoms with van der Waals surface area (Å²) in [4.78, 5) is 19.7. The maximum absolute atomic E-state index is 13.5. The van der Waals surface area contributed by atoms with E-state index >= 15 is 0 Å². The van der Waals surface area contributed by atoms with Gasteiger partial charge in [-0.1, -0.05) is 30.3 Å². The lowest BCUT2D eigenvalue weighted by Gasteiger charge is -2.36. The monoisotopic (exact) mass is 467 g/mol. The Kier molecular flexibility index (Phi) is 5.57. The highest BCUT2D eigenvalue weighted by atomic mass is 32.3. The lowest BCUT2D eigenvalue weighted by atomic mass is 10.0. The van der Waals surface area contributed by atoms with E-state index in [-0.39, 0.29) is 24.4 Å². The molecular weight excluding hydrogens is 442 g/mol. The minimum Gasteiger partial charge on any atom is -0.491 e. The fourth-order valence-electron chi connectivity index (χ4n) is 4.41. The van der Waals surface area contributed by atoms with Crippen LogP contribution < -0.4 is 15.2 Å². The summed E-state index contributed by atoms with van der Waals surface area (Å²) >= 11 is 0. The molecule has 2 aliphatic rings. The maximum Gasteiger partial charge on any atom is 0.273 e. The number of amidine groups is 1. The number of rotatable bonds is 4. The van der Waals surface area contributed by atoms with Gasteiger partial charge in [0.2, 0.25) is 0 Å². The number of fused-ring (bicyclic) bond motifs is 2. The van der Waals surface area contributed by atoms with Crippen LogP contribution >= 0.6 is 11.0 Å². The second-order valence-electron chi connectivity index (χ2n) is 8.12. The zero-order valence-electron chi connectivity index (χ0n) is 17.8. The second-order valence-corrected chi connectivity index (χ2v) is 9.54. The molecule has 1 fully saturated rings. The van der Waals surface area contributed by atoms with Gasteiger partial charge >= 0.3 is 0 Å². The van der Waals surface area contributed by atoms with E-state index in [9.17, 15) is 13.9 Å². The van der Waals surface area contributed by atoms with E-state index in [2.05, 4.69) is 14.1 Å². The summed E-state index contributed by atoms with van der Waals surface area (Å²) in [7, 11) is -3.37. The van der Waals surface area contributed by atoms with Crippen LogP contribution in [0.1, 0.15) is 35.3 Å². The number of anilines is 1. The fourth-order valence-corrected chi connectivity index (χ4v) is 5.28. The van der Waals surface area contributed by atoms with E-state index in [1.165, 1.54) is 0 Å². The molecule has 9 nitrogen and oxygen atoms in total. The normalized spacial score (nSPS) is 20.4. The Balaban J connectivity index is 1.39. The zero-order chi connectivity index (χ0) is 23.0. The van der Waals surface area contributed by atoms with Crippen LogP contribution in [0.5, 0.6) is 5.75 Å². The minimum atomic E-state index is -3.37. The number of hydrogen-bond acceptors (Lipinski definition) is 8. The number of nitrogens with two attached hydrogens (primary N) is 1. The molecule has 5 N–H and O–H groups in total. The zero-order valence-corrected chi connectivity index (χ0v) is 18.7. The topological polar surface area (TPSA) is 133 Å². The van der Waals surface area contributed by atoms with Gasteiger partial charge in [0.25, 0.3) is 5.91 Å². The molecule has 3 heterocycles. The largest absolute Gasteiger partial charge is 0.491 e. The summed E-state index contributed by atoms with van der Waals surface area (Å²) in [5.41, 5.74) is 7.36. The van der Waals surface area contributed by atoms with Gasteiger partial charge in [-0.15, -0.1) is 4.40 Å². The molecule has 0 aliphatic carbocycles. The molecule has 10 heteroatoms. The van der Waals surface area contributed by atoms with Gasteiger partial charge in [0, 0.05) is 18.1 Å². The summed E-state index contributed by atoms with van der Waals surface area (Å²) in [5.74, 6) is 0.361. The molecule has 0 bridgehead atoms. The number of amides is 1. The number of nitrogens with zero attached hydrogens (tertiary/aromatic N) is 3. The number of likely N-dealkylation sites (tertiary alicyclic amines) is 1. The third-order valence-electron chi connectivity index (χ3n) is 5.95. The third kappa shape index (κ3) is 4.20. The van der Waals surface area contributed by atoms with Crippen LogP contribution in [0.4, 0.5) is 5.69 Å². The Morgan fingerprint density at radius 1 is 1.18 bits per heavy atom. The summed E-state index contributed by atoms with van der Waals surface area (Å²) in [5, 5.41) is 1.81. The second kappa shape index (κ2) is 8.54. The van der Waals surface area contributed by atoms with Crippen molar-refractivity contribution in [1.82, 2.24) is 9.88 Å². The van der Waals surface area contributed by atoms with Gasteiger partial charge in [0.1, 0.15) is 18.1 Å². The van der Waals surface area contributed by atoms with Gasteiger partial charge in [-0.25, -0.2) is 0 Å². The summed E-state index contributed by atoms with van der Waals surface area (Å²) in [6, 6.07) is 14.7. The predicted molar refractivity (Wildman–Crippen MR) is 130 cm³/mol. The molecule has 5 rings (SSSR count). The molecule has 33 heavy (non-hydrogen) atoms. The minimum absolute atomic E-state index is 0.00381. The summed E-state index contributed by atoms with van der Waals surface area (Å²) < 4.78 is 32.2. The molecule has 0 saturated carbocycles. The van der Waals surface area contributed by atoms with Gasteiger partial charge in [-0.2, -0.15) is 0 Å². The smallest absolute Gasteiger partial charge is 0.273 e. The Morgan fingerprint density at radius 3 is 2.91 bits per heavy atom. The first-order valence-electron chi connectivity index (χ1n) is 10.8. The number of piperidine rings is 1. The van der Waals surface area contributed by atoms with E-state index in [1.807, 2.05) is 35.2 Å². The summed E-state index contributed by atoms with van der Waals surface area (Å²) in [6.45, 7) is 0.910. The van der Waals surface area contributed by atoms with Crippen molar-refractivity contribution in [3.63, 3.8) is 0 Å². The van der Waals surface area contributed by atoms with Gasteiger partial charge in [0.05, 0.1) is 17.3 Å². The molecule has 172 valence electrons. The molecule has 2 aliphatic heterocycles. The van der Waals surface area contributed by atoms with Crippen LogP contribution in [-0.2, 0) is 0 Å². The van der Waals surface area contributed by atoms with Crippen molar-refractivity contribution < 1.29 is 18.6 Å². The van der Waals surface area contributed by atoms with Gasteiger partial charge < -0.3 is 15.4 Å². The number of ether oxygens (including phenoxy) is 1. The highest BCUT2D eigenvalue weighted by Gasteiger charge is 2.31. The number of pyridine rings is 1. The fraction of sp³-hybridized carbons (Fsp3) is 0.261. The molecule has 0 unspecified atom stereocenters. The average Bonchev–Trinajstić information content (AvgIpc) is 2.81. The quantitative estimate of drug-likeness (QED) is 0.455. The number of hydrogen-bond donors (Lipinski definition) is 4. The molecule has 1 amide bonds. The Morgan fingerprint density at radius 2 is 2.03 bits per heavy atom. The highest BCUT2D eigenvalue weighted by molar-refractivity contribution is 8.24. The van der Waals surface area contributed by atoms with Crippen LogP contribution in [0.15, 0.2) is 59.1 Å². The van der Waals surface area contributed by atoms with Gasteiger partial charge in [-0.3, -0.25) is 23.6 Å². The van der Waals surface area contributed by atoms with Crippen molar-refractivity contribution in [3.05, 3.63) is 66.0 Å². The van der Waals surface area contributed by atoms with Crippen molar-refractivity contribution in [3.8, 4) is 5.75 Å². The van der Waals surface area contributed by atoms with Crippen LogP contribution in [0, 0.1) is 0 Å². The van der Waals surface area contributed by atoms with Crippen molar-refractivity contribution in [2.45, 2.75) is 25.3 Å². The number of nitrogens with one attached hydrogen (secondary N) is 1. The van der Waals surface area contributed by atoms with E-state index in [0.29, 0.717) is 29.2 Å². The number of carbonyl (C=O) groups excluding carboxylic acids is 1. The molecule has 3 aromatic rings. The van der Waals surface area contributed by atoms with E-state index in [1.54, 1.807) is 24.4 Å². The molecule has 2 aromatic carbocycles. The predicted octanol–water partition coefficient (Wildman–Crippen LogP) is 4.02. The van der Waals surface area contributed by atoms with E-state index in [4.69, 9.17) is 10.5 Å². The lowest BCUT2D eigenvalue weighted by molar-refractivity contribution is 0.0524. The lowest BCUT2D eigenvalue weighted by Crippen LogP contribution is -2.47. The first-order valence-corrected chi connectivity index (χ1v) is 12.3. The van der Waals surface area contributed by atoms with Crippen molar-refractivity contribution in [1.29, 1.82) is 0 Å². The Bertz CT molecular complexity index is 1240. The number of carbonyl (C=O) groups is 1. The number of aromatic nitrogens is 1. The van der Waals surface area contributed by atoms with Gasteiger partial charge in [0.15, 0.2) is 5.84 Å². The average molecular weight is 468 g/mol.